The molecule has 4 N–H and O–H groups in total. The molecular formula is C7H13N5OS. The quantitative estimate of drug-likeness (QED) is 0.587. The molecule has 7 heteroatoms. The molecule has 1 saturated heterocycles. The molecule has 1 atom stereocenters. The van der Waals surface area contributed by atoms with Gasteiger partial charge in [0.2, 0.25) is 11.1 Å². The number of aromatic amines is 1. The third-order valence-electron chi connectivity index (χ3n) is 1.88. The molecule has 0 aromatic carbocycles. The molecule has 1 aromatic rings. The van der Waals surface area contributed by atoms with Crippen LogP contribution in [-0.2, 0) is 4.74 Å². The average molecular weight is 215 g/mol. The molecule has 1 aromatic heterocycles. The van der Waals surface area contributed by atoms with Crippen LogP contribution in [-0.4, -0.2) is 46.7 Å². The lowest BCUT2D eigenvalue weighted by Crippen LogP contribution is -2.39. The van der Waals surface area contributed by atoms with Crippen molar-refractivity contribution in [2.24, 2.45) is 0 Å². The van der Waals surface area contributed by atoms with Crippen LogP contribution in [0.1, 0.15) is 0 Å². The van der Waals surface area contributed by atoms with Crippen LogP contribution < -0.4 is 11.1 Å². The number of hydrogen-bond donors (Lipinski definition) is 3. The zero-order valence-corrected chi connectivity index (χ0v) is 8.51. The van der Waals surface area contributed by atoms with Gasteiger partial charge in [-0.05, 0) is 0 Å². The van der Waals surface area contributed by atoms with Crippen LogP contribution in [0.2, 0.25) is 0 Å². The summed E-state index contributed by atoms with van der Waals surface area (Å²) in [5.41, 5.74) is 5.40. The Bertz CT molecular complexity index is 285. The van der Waals surface area contributed by atoms with Crippen LogP contribution in [0.25, 0.3) is 0 Å². The molecule has 0 amide bonds. The lowest BCUT2D eigenvalue weighted by atomic mass is 10.3. The Hall–Kier alpha value is -0.790. The summed E-state index contributed by atoms with van der Waals surface area (Å²) in [4.78, 5) is 3.99. The van der Waals surface area contributed by atoms with Gasteiger partial charge < -0.3 is 15.8 Å². The molecule has 14 heavy (non-hydrogen) atoms. The maximum atomic E-state index is 5.53. The van der Waals surface area contributed by atoms with Crippen molar-refractivity contribution < 1.29 is 4.74 Å². The second kappa shape index (κ2) is 4.63. The van der Waals surface area contributed by atoms with Gasteiger partial charge in [-0.25, -0.2) is 5.10 Å². The highest BCUT2D eigenvalue weighted by Crippen LogP contribution is 2.15. The third kappa shape index (κ3) is 2.60. The first-order valence-electron chi connectivity index (χ1n) is 4.47. The van der Waals surface area contributed by atoms with E-state index < -0.39 is 0 Å². The fraction of sp³-hybridized carbons (Fsp3) is 0.714. The van der Waals surface area contributed by atoms with Crippen LogP contribution in [0.3, 0.4) is 0 Å². The van der Waals surface area contributed by atoms with Crippen molar-refractivity contribution in [2.45, 2.75) is 11.3 Å². The van der Waals surface area contributed by atoms with E-state index in [1.165, 1.54) is 0 Å². The summed E-state index contributed by atoms with van der Waals surface area (Å²) < 4.78 is 5.53. The number of morpholine rings is 1. The van der Waals surface area contributed by atoms with Crippen LogP contribution in [0.15, 0.2) is 5.16 Å². The highest BCUT2D eigenvalue weighted by Gasteiger charge is 2.14. The van der Waals surface area contributed by atoms with E-state index in [0.717, 1.165) is 25.4 Å². The predicted molar refractivity (Wildman–Crippen MR) is 54.1 cm³/mol. The van der Waals surface area contributed by atoms with Crippen molar-refractivity contribution in [1.82, 2.24) is 20.5 Å². The number of anilines is 1. The van der Waals surface area contributed by atoms with Gasteiger partial charge in [0.15, 0.2) is 0 Å². The molecule has 2 heterocycles. The molecular weight excluding hydrogens is 202 g/mol. The fourth-order valence-electron chi connectivity index (χ4n) is 1.22. The summed E-state index contributed by atoms with van der Waals surface area (Å²) in [5, 5.41) is 10.5. The second-order valence-electron chi connectivity index (χ2n) is 3.01. The van der Waals surface area contributed by atoms with Crippen LogP contribution >= 0.6 is 11.8 Å². The smallest absolute Gasteiger partial charge is 0.216 e. The van der Waals surface area contributed by atoms with Crippen molar-refractivity contribution >= 4 is 17.7 Å². The Morgan fingerprint density at radius 2 is 2.57 bits per heavy atom. The van der Waals surface area contributed by atoms with E-state index in [-0.39, 0.29) is 6.10 Å². The molecule has 2 rings (SSSR count). The minimum Gasteiger partial charge on any atom is -0.375 e. The van der Waals surface area contributed by atoms with Gasteiger partial charge in [0.1, 0.15) is 0 Å². The number of nitrogens with zero attached hydrogens (tertiary/aromatic N) is 2. The van der Waals surface area contributed by atoms with Gasteiger partial charge in [-0.1, -0.05) is 11.8 Å². The maximum Gasteiger partial charge on any atom is 0.216 e. The number of rotatable bonds is 3. The lowest BCUT2D eigenvalue weighted by molar-refractivity contribution is 0.0440. The van der Waals surface area contributed by atoms with Crippen LogP contribution in [0.5, 0.6) is 0 Å². The second-order valence-corrected chi connectivity index (χ2v) is 4.00. The summed E-state index contributed by atoms with van der Waals surface area (Å²) in [6, 6.07) is 0. The molecule has 1 aliphatic rings. The van der Waals surface area contributed by atoms with E-state index in [2.05, 4.69) is 20.5 Å². The molecule has 0 saturated carbocycles. The van der Waals surface area contributed by atoms with E-state index in [1.54, 1.807) is 11.8 Å². The fourth-order valence-corrected chi connectivity index (χ4v) is 2.04. The van der Waals surface area contributed by atoms with Gasteiger partial charge in [0, 0.05) is 18.8 Å². The highest BCUT2D eigenvalue weighted by molar-refractivity contribution is 7.99. The average Bonchev–Trinajstić information content (AvgIpc) is 2.63. The number of ether oxygens (including phenoxy) is 1. The number of nitrogens with two attached hydrogens (primary N) is 1. The monoisotopic (exact) mass is 215 g/mol. The first-order chi connectivity index (χ1) is 6.84. The van der Waals surface area contributed by atoms with Crippen LogP contribution in [0.4, 0.5) is 5.95 Å². The minimum absolute atomic E-state index is 0.244. The number of nitrogens with one attached hydrogen (secondary N) is 2. The van der Waals surface area contributed by atoms with E-state index in [0.29, 0.717) is 11.1 Å². The Labute approximate surface area is 86.0 Å². The number of hydrogen-bond acceptors (Lipinski definition) is 6. The third-order valence-corrected chi connectivity index (χ3v) is 2.86. The van der Waals surface area contributed by atoms with Crippen molar-refractivity contribution in [1.29, 1.82) is 0 Å². The molecule has 0 bridgehead atoms. The van der Waals surface area contributed by atoms with Crippen LogP contribution in [0, 0.1) is 0 Å². The predicted octanol–water partition coefficient (Wildman–Crippen LogP) is -0.533. The van der Waals surface area contributed by atoms with E-state index in [4.69, 9.17) is 10.5 Å². The molecule has 1 aliphatic heterocycles. The van der Waals surface area contributed by atoms with Gasteiger partial charge in [0.05, 0.1) is 12.7 Å². The van der Waals surface area contributed by atoms with E-state index in [1.807, 2.05) is 0 Å². The topological polar surface area (TPSA) is 88.8 Å². The lowest BCUT2D eigenvalue weighted by Gasteiger charge is -2.22. The first-order valence-corrected chi connectivity index (χ1v) is 5.46. The van der Waals surface area contributed by atoms with Gasteiger partial charge in [-0.2, -0.15) is 4.98 Å². The van der Waals surface area contributed by atoms with E-state index >= 15 is 0 Å². The van der Waals surface area contributed by atoms with E-state index in [9.17, 15) is 0 Å². The number of H-pyrrole nitrogens is 1. The van der Waals surface area contributed by atoms with Gasteiger partial charge in [-0.15, -0.1) is 5.10 Å². The van der Waals surface area contributed by atoms with Crippen molar-refractivity contribution in [3.63, 3.8) is 0 Å². The maximum absolute atomic E-state index is 5.53. The molecule has 78 valence electrons. The molecule has 0 spiro atoms. The van der Waals surface area contributed by atoms with Crippen molar-refractivity contribution in [2.75, 3.05) is 31.2 Å². The minimum atomic E-state index is 0.244. The Morgan fingerprint density at radius 1 is 1.64 bits per heavy atom. The number of aromatic nitrogens is 3. The highest BCUT2D eigenvalue weighted by atomic mass is 32.2. The summed E-state index contributed by atoms with van der Waals surface area (Å²) >= 11 is 1.55. The standard InChI is InChI=1S/C7H13N5OS/c8-6-10-7(12-11-6)14-4-5-3-9-1-2-13-5/h5,9H,1-4H2,(H3,8,10,11,12). The Balaban J connectivity index is 1.76. The summed E-state index contributed by atoms with van der Waals surface area (Å²) in [6.45, 7) is 2.61. The SMILES string of the molecule is Nc1nc(SCC2CNCCO2)n[nH]1. The van der Waals surface area contributed by atoms with Gasteiger partial charge in [0.25, 0.3) is 0 Å². The number of thioether (sulfide) groups is 1. The zero-order chi connectivity index (χ0) is 9.80. The molecule has 6 nitrogen and oxygen atoms in total. The first kappa shape index (κ1) is 9.75. The summed E-state index contributed by atoms with van der Waals surface area (Å²) in [7, 11) is 0. The Morgan fingerprint density at radius 3 is 3.21 bits per heavy atom. The molecule has 0 radical (unpaired) electrons. The Kier molecular flexibility index (Phi) is 3.22. The summed E-state index contributed by atoms with van der Waals surface area (Å²) in [5.74, 6) is 1.21. The molecule has 1 unspecified atom stereocenters. The normalized spacial score (nSPS) is 22.4. The summed E-state index contributed by atoms with van der Waals surface area (Å²) in [6.07, 6.45) is 0.244. The molecule has 0 aliphatic carbocycles. The van der Waals surface area contributed by atoms with Crippen molar-refractivity contribution in [3.05, 3.63) is 0 Å². The largest absolute Gasteiger partial charge is 0.375 e. The molecule has 1 fully saturated rings. The zero-order valence-electron chi connectivity index (χ0n) is 7.69. The van der Waals surface area contributed by atoms with Gasteiger partial charge >= 0.3 is 0 Å². The number of nitrogen functional groups attached to an aromatic ring is 1. The van der Waals surface area contributed by atoms with Gasteiger partial charge in [-0.3, -0.25) is 0 Å². The van der Waals surface area contributed by atoms with Crippen molar-refractivity contribution in [3.8, 4) is 0 Å².